The zero-order chi connectivity index (χ0) is 11.5. The molecule has 1 N–H and O–H groups in total. The van der Waals surface area contributed by atoms with Crippen LogP contribution in [-0.2, 0) is 6.54 Å². The summed E-state index contributed by atoms with van der Waals surface area (Å²) in [5.41, 5.74) is 2.29. The Morgan fingerprint density at radius 1 is 1.44 bits per heavy atom. The van der Waals surface area contributed by atoms with Gasteiger partial charge in [-0.25, -0.2) is 0 Å². The van der Waals surface area contributed by atoms with Gasteiger partial charge >= 0.3 is 6.61 Å². The van der Waals surface area contributed by atoms with Gasteiger partial charge in [0.15, 0.2) is 0 Å². The molecule has 88 valence electrons. The quantitative estimate of drug-likeness (QED) is 0.838. The summed E-state index contributed by atoms with van der Waals surface area (Å²) in [7, 11) is 0. The third kappa shape index (κ3) is 2.50. The molecular formula is C12H15F2NO. The fourth-order valence-corrected chi connectivity index (χ4v) is 2.07. The summed E-state index contributed by atoms with van der Waals surface area (Å²) in [5, 5.41) is 3.31. The summed E-state index contributed by atoms with van der Waals surface area (Å²) in [6, 6.07) is 5.20. The normalized spacial score (nSPS) is 20.4. The molecule has 2 rings (SSSR count). The fourth-order valence-electron chi connectivity index (χ4n) is 2.07. The first-order valence-corrected chi connectivity index (χ1v) is 5.45. The maximum atomic E-state index is 12.1. The van der Waals surface area contributed by atoms with Gasteiger partial charge in [0.2, 0.25) is 0 Å². The Kier molecular flexibility index (Phi) is 3.39. The van der Waals surface area contributed by atoms with Crippen molar-refractivity contribution in [3.05, 3.63) is 29.3 Å². The second-order valence-electron chi connectivity index (χ2n) is 4.11. The fraction of sp³-hybridized carbons (Fsp3) is 0.500. The van der Waals surface area contributed by atoms with Crippen molar-refractivity contribution in [2.75, 3.05) is 6.54 Å². The largest absolute Gasteiger partial charge is 0.435 e. The number of halogens is 2. The van der Waals surface area contributed by atoms with Gasteiger partial charge in [0.05, 0.1) is 0 Å². The number of hydrogen-bond acceptors (Lipinski definition) is 2. The van der Waals surface area contributed by atoms with Gasteiger partial charge < -0.3 is 10.1 Å². The molecule has 1 aliphatic heterocycles. The van der Waals surface area contributed by atoms with Crippen molar-refractivity contribution < 1.29 is 13.5 Å². The van der Waals surface area contributed by atoms with Crippen LogP contribution in [0.15, 0.2) is 18.2 Å². The standard InChI is InChI=1S/C12H15F2NO/c1-8-4-5-15-7-9-2-3-10(6-11(8)9)16-12(13)14/h2-3,6,8,12,15H,4-5,7H2,1H3/t8-/m1/s1. The van der Waals surface area contributed by atoms with Gasteiger partial charge in [0.25, 0.3) is 0 Å². The summed E-state index contributed by atoms with van der Waals surface area (Å²) >= 11 is 0. The molecule has 0 amide bonds. The van der Waals surface area contributed by atoms with Gasteiger partial charge in [0, 0.05) is 6.54 Å². The van der Waals surface area contributed by atoms with Gasteiger partial charge in [-0.05, 0) is 42.1 Å². The Balaban J connectivity index is 2.28. The lowest BCUT2D eigenvalue weighted by Gasteiger charge is -2.14. The first kappa shape index (κ1) is 11.3. The number of fused-ring (bicyclic) bond motifs is 1. The van der Waals surface area contributed by atoms with Gasteiger partial charge in [-0.15, -0.1) is 0 Å². The highest BCUT2D eigenvalue weighted by atomic mass is 19.3. The molecule has 0 aliphatic carbocycles. The predicted octanol–water partition coefficient (Wildman–Crippen LogP) is 2.88. The van der Waals surface area contributed by atoms with Crippen LogP contribution in [0.3, 0.4) is 0 Å². The molecule has 1 aromatic carbocycles. The zero-order valence-electron chi connectivity index (χ0n) is 9.17. The minimum atomic E-state index is -2.75. The van der Waals surface area contributed by atoms with Crippen LogP contribution < -0.4 is 10.1 Å². The van der Waals surface area contributed by atoms with E-state index in [1.165, 1.54) is 5.56 Å². The molecule has 16 heavy (non-hydrogen) atoms. The molecule has 1 aliphatic rings. The molecule has 0 bridgehead atoms. The molecule has 0 aromatic heterocycles. The van der Waals surface area contributed by atoms with E-state index in [1.54, 1.807) is 12.1 Å². The molecule has 0 saturated heterocycles. The summed E-state index contributed by atoms with van der Waals surface area (Å²) < 4.78 is 28.6. The smallest absolute Gasteiger partial charge is 0.387 e. The summed E-state index contributed by atoms with van der Waals surface area (Å²) in [6.07, 6.45) is 1.02. The van der Waals surface area contributed by atoms with Crippen LogP contribution in [0.4, 0.5) is 8.78 Å². The summed E-state index contributed by atoms with van der Waals surface area (Å²) in [4.78, 5) is 0. The van der Waals surface area contributed by atoms with Crippen molar-refractivity contribution in [1.29, 1.82) is 0 Å². The first-order chi connectivity index (χ1) is 7.66. The lowest BCUT2D eigenvalue weighted by molar-refractivity contribution is -0.0499. The van der Waals surface area contributed by atoms with Crippen LogP contribution in [0, 0.1) is 0 Å². The van der Waals surface area contributed by atoms with E-state index in [9.17, 15) is 8.78 Å². The van der Waals surface area contributed by atoms with Gasteiger partial charge in [0.1, 0.15) is 5.75 Å². The minimum Gasteiger partial charge on any atom is -0.435 e. The predicted molar refractivity (Wildman–Crippen MR) is 57.8 cm³/mol. The third-order valence-corrected chi connectivity index (χ3v) is 2.94. The lowest BCUT2D eigenvalue weighted by Crippen LogP contribution is -2.12. The van der Waals surface area contributed by atoms with Crippen LogP contribution in [0.2, 0.25) is 0 Å². The minimum absolute atomic E-state index is 0.252. The van der Waals surface area contributed by atoms with Crippen molar-refractivity contribution in [3.8, 4) is 5.75 Å². The highest BCUT2D eigenvalue weighted by Gasteiger charge is 2.16. The third-order valence-electron chi connectivity index (χ3n) is 2.94. The van der Waals surface area contributed by atoms with Crippen molar-refractivity contribution in [2.24, 2.45) is 0 Å². The molecular weight excluding hydrogens is 212 g/mol. The molecule has 1 atom stereocenters. The van der Waals surface area contributed by atoms with E-state index in [1.807, 2.05) is 6.07 Å². The van der Waals surface area contributed by atoms with E-state index < -0.39 is 6.61 Å². The van der Waals surface area contributed by atoms with E-state index in [4.69, 9.17) is 0 Å². The van der Waals surface area contributed by atoms with Crippen LogP contribution in [0.5, 0.6) is 5.75 Å². The van der Waals surface area contributed by atoms with Crippen molar-refractivity contribution in [2.45, 2.75) is 32.4 Å². The Morgan fingerprint density at radius 3 is 3.00 bits per heavy atom. The van der Waals surface area contributed by atoms with Crippen molar-refractivity contribution in [1.82, 2.24) is 5.32 Å². The van der Waals surface area contributed by atoms with Crippen LogP contribution in [0.25, 0.3) is 0 Å². The zero-order valence-corrected chi connectivity index (χ0v) is 9.17. The molecule has 0 spiro atoms. The number of ether oxygens (including phenoxy) is 1. The number of alkyl halides is 2. The lowest BCUT2D eigenvalue weighted by atomic mass is 9.94. The molecule has 4 heteroatoms. The highest BCUT2D eigenvalue weighted by molar-refractivity contribution is 5.38. The topological polar surface area (TPSA) is 21.3 Å². The number of benzene rings is 1. The average Bonchev–Trinajstić information content (AvgIpc) is 2.41. The maximum absolute atomic E-state index is 12.1. The van der Waals surface area contributed by atoms with E-state index in [0.29, 0.717) is 5.92 Å². The van der Waals surface area contributed by atoms with E-state index in [-0.39, 0.29) is 5.75 Å². The van der Waals surface area contributed by atoms with Gasteiger partial charge in [-0.2, -0.15) is 8.78 Å². The Morgan fingerprint density at radius 2 is 2.25 bits per heavy atom. The molecule has 1 heterocycles. The van der Waals surface area contributed by atoms with Crippen LogP contribution >= 0.6 is 0 Å². The van der Waals surface area contributed by atoms with Gasteiger partial charge in [-0.3, -0.25) is 0 Å². The molecule has 2 nitrogen and oxygen atoms in total. The monoisotopic (exact) mass is 227 g/mol. The van der Waals surface area contributed by atoms with Crippen LogP contribution in [0.1, 0.15) is 30.4 Å². The van der Waals surface area contributed by atoms with Gasteiger partial charge in [-0.1, -0.05) is 13.0 Å². The second kappa shape index (κ2) is 4.78. The highest BCUT2D eigenvalue weighted by Crippen LogP contribution is 2.29. The number of rotatable bonds is 2. The number of hydrogen-bond donors (Lipinski definition) is 1. The number of nitrogens with one attached hydrogen (secondary N) is 1. The summed E-state index contributed by atoms with van der Waals surface area (Å²) in [5.74, 6) is 0.633. The average molecular weight is 227 g/mol. The molecule has 0 fully saturated rings. The SMILES string of the molecule is C[C@@H]1CCNCc2ccc(OC(F)F)cc21. The molecule has 0 saturated carbocycles. The first-order valence-electron chi connectivity index (χ1n) is 5.45. The summed E-state index contributed by atoms with van der Waals surface area (Å²) in [6.45, 7) is 1.12. The van der Waals surface area contributed by atoms with Crippen molar-refractivity contribution >= 4 is 0 Å². The Bertz CT molecular complexity index is 368. The van der Waals surface area contributed by atoms with E-state index in [2.05, 4.69) is 17.0 Å². The molecule has 0 radical (unpaired) electrons. The maximum Gasteiger partial charge on any atom is 0.387 e. The van der Waals surface area contributed by atoms with E-state index in [0.717, 1.165) is 25.1 Å². The van der Waals surface area contributed by atoms with Crippen molar-refractivity contribution in [3.63, 3.8) is 0 Å². The van der Waals surface area contributed by atoms with E-state index >= 15 is 0 Å². The Hall–Kier alpha value is -1.16. The molecule has 0 unspecified atom stereocenters. The second-order valence-corrected chi connectivity index (χ2v) is 4.11. The Labute approximate surface area is 93.6 Å². The molecule has 1 aromatic rings. The van der Waals surface area contributed by atoms with Crippen LogP contribution in [-0.4, -0.2) is 13.2 Å².